The summed E-state index contributed by atoms with van der Waals surface area (Å²) in [5.74, 6) is -4.68. The van der Waals surface area contributed by atoms with E-state index in [9.17, 15) is 50.1 Å². The second-order valence-electron chi connectivity index (χ2n) is 11.7. The number of fused-ring (bicyclic) bond motifs is 1. The van der Waals surface area contributed by atoms with Crippen LogP contribution in [0.25, 0.3) is 0 Å². The van der Waals surface area contributed by atoms with Gasteiger partial charge in [-0.3, -0.25) is 4.79 Å². The van der Waals surface area contributed by atoms with E-state index in [-0.39, 0.29) is 18.1 Å². The molecule has 18 heteroatoms. The van der Waals surface area contributed by atoms with Crippen LogP contribution in [0, 0.1) is 11.8 Å². The highest BCUT2D eigenvalue weighted by atomic mass is 16.8. The van der Waals surface area contributed by atoms with Crippen molar-refractivity contribution in [1.82, 2.24) is 0 Å². The van der Waals surface area contributed by atoms with Crippen LogP contribution in [-0.4, -0.2) is 141 Å². The first-order valence-corrected chi connectivity index (χ1v) is 15.3. The molecule has 0 spiro atoms. The number of carbonyl (C=O) groups is 3. The van der Waals surface area contributed by atoms with Crippen molar-refractivity contribution in [2.75, 3.05) is 19.8 Å². The molecule has 0 saturated carbocycles. The molecule has 0 aromatic heterocycles. The smallest absolute Gasteiger partial charge is 0.342 e. The summed E-state index contributed by atoms with van der Waals surface area (Å²) >= 11 is 0. The number of aromatic hydroxyl groups is 1. The molecule has 18 nitrogen and oxygen atoms in total. The summed E-state index contributed by atoms with van der Waals surface area (Å²) in [5, 5.41) is 72.2. The quantitative estimate of drug-likeness (QED) is 0.0771. The number of phenols is 1. The average Bonchev–Trinajstić information content (AvgIpc) is 3.08. The number of ether oxygens (including phenoxy) is 8. The minimum absolute atomic E-state index is 0.157. The third kappa shape index (κ3) is 7.52. The molecule has 0 amide bonds. The summed E-state index contributed by atoms with van der Waals surface area (Å²) in [7, 11) is 0. The summed E-state index contributed by atoms with van der Waals surface area (Å²) in [4.78, 5) is 37.1. The van der Waals surface area contributed by atoms with Gasteiger partial charge in [-0.2, -0.15) is 0 Å². The molecule has 0 aliphatic carbocycles. The van der Waals surface area contributed by atoms with Gasteiger partial charge < -0.3 is 73.6 Å². The average molecular weight is 699 g/mol. The number of phenolic OH excluding ortho intramolecular Hbond substituents is 1. The molecule has 7 N–H and O–H groups in total. The topological polar surface area (TPSA) is 267 Å². The zero-order valence-electron chi connectivity index (χ0n) is 26.0. The van der Waals surface area contributed by atoms with E-state index in [0.29, 0.717) is 6.42 Å². The maximum absolute atomic E-state index is 13.0. The lowest BCUT2D eigenvalue weighted by Gasteiger charge is -2.44. The molecule has 49 heavy (non-hydrogen) atoms. The highest BCUT2D eigenvalue weighted by Crippen LogP contribution is 2.39. The number of esters is 3. The van der Waals surface area contributed by atoms with Gasteiger partial charge >= 0.3 is 17.9 Å². The SMILES string of the molecule is C=CC1C(OC2OC(COC(=O)c3cccc(OC4OC(CO)C(O)C(O)C4O)c3O)C(O)C(O)C2OC(C)=O)OC=C2C(=O)OCCC21. The maximum Gasteiger partial charge on any atom is 0.342 e. The highest BCUT2D eigenvalue weighted by molar-refractivity contribution is 5.93. The van der Waals surface area contributed by atoms with Gasteiger partial charge in [0, 0.05) is 18.8 Å². The van der Waals surface area contributed by atoms with Crippen molar-refractivity contribution >= 4 is 17.9 Å². The van der Waals surface area contributed by atoms with E-state index >= 15 is 0 Å². The Hall–Kier alpha value is -3.85. The van der Waals surface area contributed by atoms with Crippen molar-refractivity contribution < 1.29 is 88.0 Å². The van der Waals surface area contributed by atoms with E-state index in [1.54, 1.807) is 0 Å². The Kier molecular flexibility index (Phi) is 11.4. The molecule has 270 valence electrons. The van der Waals surface area contributed by atoms with Gasteiger partial charge in [0.1, 0.15) is 54.9 Å². The second kappa shape index (κ2) is 15.4. The molecule has 13 atom stereocenters. The number of hydrogen-bond donors (Lipinski definition) is 7. The number of para-hydroxylation sites is 1. The summed E-state index contributed by atoms with van der Waals surface area (Å²) in [5.41, 5.74) is -0.167. The molecular formula is C31H38O18. The van der Waals surface area contributed by atoms with Crippen LogP contribution in [0.3, 0.4) is 0 Å². The number of carbonyl (C=O) groups excluding carboxylic acids is 3. The van der Waals surface area contributed by atoms with Gasteiger partial charge in [-0.05, 0) is 18.6 Å². The molecule has 4 aliphatic heterocycles. The first-order chi connectivity index (χ1) is 23.4. The first kappa shape index (κ1) is 36.4. The number of hydrogen-bond acceptors (Lipinski definition) is 18. The molecule has 3 fully saturated rings. The first-order valence-electron chi connectivity index (χ1n) is 15.3. The highest BCUT2D eigenvalue weighted by Gasteiger charge is 2.51. The fraction of sp³-hybridized carbons (Fsp3) is 0.581. The van der Waals surface area contributed by atoms with Crippen molar-refractivity contribution in [3.63, 3.8) is 0 Å². The lowest BCUT2D eigenvalue weighted by molar-refractivity contribution is -0.340. The Morgan fingerprint density at radius 1 is 0.980 bits per heavy atom. The van der Waals surface area contributed by atoms with Crippen LogP contribution in [0.5, 0.6) is 11.5 Å². The Morgan fingerprint density at radius 3 is 2.39 bits per heavy atom. The monoisotopic (exact) mass is 698 g/mol. The van der Waals surface area contributed by atoms with E-state index in [1.165, 1.54) is 24.5 Å². The standard InChI is InChI=1S/C31H38O18/c1-3-13-14-7-8-42-28(41)16(14)10-44-29(13)49-31-26(45-12(2)33)24(38)22(36)19(48-31)11-43-27(40)15-5-4-6-17(20(15)34)46-30-25(39)23(37)21(35)18(9-32)47-30/h3-6,10,13-14,18-19,21-26,29-32,34-39H,1,7-9,11H2,2H3. The van der Waals surface area contributed by atoms with Crippen molar-refractivity contribution in [1.29, 1.82) is 0 Å². The van der Waals surface area contributed by atoms with Crippen LogP contribution in [0.15, 0.2) is 42.7 Å². The van der Waals surface area contributed by atoms with E-state index in [2.05, 4.69) is 6.58 Å². The van der Waals surface area contributed by atoms with Crippen molar-refractivity contribution in [3.8, 4) is 11.5 Å². The van der Waals surface area contributed by atoms with Crippen LogP contribution < -0.4 is 4.74 Å². The summed E-state index contributed by atoms with van der Waals surface area (Å²) in [6.45, 7) is 3.59. The van der Waals surface area contributed by atoms with Crippen LogP contribution >= 0.6 is 0 Å². The third-order valence-electron chi connectivity index (χ3n) is 8.58. The predicted octanol–water partition coefficient (Wildman–Crippen LogP) is -2.27. The van der Waals surface area contributed by atoms with Gasteiger partial charge in [0.05, 0.1) is 25.0 Å². The Balaban J connectivity index is 1.28. The van der Waals surface area contributed by atoms with Gasteiger partial charge in [0.15, 0.2) is 17.6 Å². The molecule has 13 unspecified atom stereocenters. The van der Waals surface area contributed by atoms with Crippen LogP contribution in [0.4, 0.5) is 0 Å². The Morgan fingerprint density at radius 2 is 1.69 bits per heavy atom. The van der Waals surface area contributed by atoms with Crippen LogP contribution in [0.2, 0.25) is 0 Å². The number of aliphatic hydroxyl groups is 6. The number of aliphatic hydroxyl groups excluding tert-OH is 6. The van der Waals surface area contributed by atoms with E-state index < -0.39 is 122 Å². The zero-order valence-corrected chi connectivity index (χ0v) is 26.0. The number of rotatable bonds is 10. The number of benzene rings is 1. The van der Waals surface area contributed by atoms with Crippen LogP contribution in [-0.2, 0) is 42.7 Å². The van der Waals surface area contributed by atoms with E-state index in [1.807, 2.05) is 0 Å². The van der Waals surface area contributed by atoms with Crippen LogP contribution in [0.1, 0.15) is 23.7 Å². The fourth-order valence-electron chi connectivity index (χ4n) is 5.93. The van der Waals surface area contributed by atoms with Gasteiger partial charge in [-0.15, -0.1) is 6.58 Å². The van der Waals surface area contributed by atoms with Crippen molar-refractivity contribution in [3.05, 3.63) is 48.3 Å². The van der Waals surface area contributed by atoms with Gasteiger partial charge in [0.25, 0.3) is 0 Å². The Labute approximate surface area is 278 Å². The minimum atomic E-state index is -1.80. The largest absolute Gasteiger partial charge is 0.504 e. The molecule has 0 bridgehead atoms. The predicted molar refractivity (Wildman–Crippen MR) is 156 cm³/mol. The summed E-state index contributed by atoms with van der Waals surface area (Å²) < 4.78 is 43.7. The van der Waals surface area contributed by atoms with E-state index in [0.717, 1.165) is 13.0 Å². The minimum Gasteiger partial charge on any atom is -0.504 e. The molecule has 4 heterocycles. The third-order valence-corrected chi connectivity index (χ3v) is 8.58. The van der Waals surface area contributed by atoms with Crippen molar-refractivity contribution in [2.24, 2.45) is 11.8 Å². The second-order valence-corrected chi connectivity index (χ2v) is 11.7. The fourth-order valence-corrected chi connectivity index (χ4v) is 5.93. The lowest BCUT2D eigenvalue weighted by Crippen LogP contribution is -2.61. The van der Waals surface area contributed by atoms with Gasteiger partial charge in [-0.25, -0.2) is 9.59 Å². The molecule has 5 rings (SSSR count). The number of cyclic esters (lactones) is 1. The normalized spacial score (nSPS) is 37.4. The summed E-state index contributed by atoms with van der Waals surface area (Å²) in [6, 6.07) is 3.64. The van der Waals surface area contributed by atoms with Crippen molar-refractivity contribution in [2.45, 2.75) is 81.0 Å². The molecule has 3 saturated heterocycles. The molecule has 4 aliphatic rings. The van der Waals surface area contributed by atoms with Gasteiger partial charge in [-0.1, -0.05) is 12.1 Å². The molecular weight excluding hydrogens is 660 g/mol. The zero-order chi connectivity index (χ0) is 35.6. The Bertz CT molecular complexity index is 1410. The summed E-state index contributed by atoms with van der Waals surface area (Å²) in [6.07, 6.45) is -14.3. The van der Waals surface area contributed by atoms with Gasteiger partial charge in [0.2, 0.25) is 18.9 Å². The van der Waals surface area contributed by atoms with E-state index in [4.69, 9.17) is 37.9 Å². The lowest BCUT2D eigenvalue weighted by atomic mass is 9.81. The molecule has 1 aromatic rings. The molecule has 0 radical (unpaired) electrons. The maximum atomic E-state index is 13.0. The molecule has 1 aromatic carbocycles.